The van der Waals surface area contributed by atoms with E-state index >= 15 is 0 Å². The molecule has 0 saturated carbocycles. The number of nitrogens with zero attached hydrogens (tertiary/aromatic N) is 4. The van der Waals surface area contributed by atoms with Crippen LogP contribution in [-0.2, 0) is 4.79 Å². The third-order valence-corrected chi connectivity index (χ3v) is 5.28. The highest BCUT2D eigenvalue weighted by Gasteiger charge is 2.11. The summed E-state index contributed by atoms with van der Waals surface area (Å²) in [5.74, 6) is 2.31. The number of carbonyl (C=O) groups excluding carboxylic acids is 1. The van der Waals surface area contributed by atoms with E-state index in [-0.39, 0.29) is 12.5 Å². The van der Waals surface area contributed by atoms with Crippen molar-refractivity contribution in [2.75, 3.05) is 19.0 Å². The minimum atomic E-state index is -0.291. The third kappa shape index (κ3) is 5.15. The molecular formula is C25H25N5O4. The number of carbonyl (C=O) groups is 1. The van der Waals surface area contributed by atoms with Crippen LogP contribution in [0, 0.1) is 20.8 Å². The molecule has 9 nitrogen and oxygen atoms in total. The van der Waals surface area contributed by atoms with E-state index in [9.17, 15) is 4.79 Å². The van der Waals surface area contributed by atoms with Gasteiger partial charge in [-0.2, -0.15) is 5.10 Å². The number of anilines is 1. The van der Waals surface area contributed by atoms with Gasteiger partial charge < -0.3 is 19.5 Å². The van der Waals surface area contributed by atoms with Crippen molar-refractivity contribution in [3.8, 4) is 28.9 Å². The number of nitrogens with one attached hydrogen (secondary N) is 1. The Labute approximate surface area is 197 Å². The van der Waals surface area contributed by atoms with Crippen molar-refractivity contribution >= 4 is 11.6 Å². The minimum absolute atomic E-state index is 0.144. The number of methoxy groups -OCH3 is 1. The molecule has 4 aromatic rings. The largest absolute Gasteiger partial charge is 0.493 e. The van der Waals surface area contributed by atoms with Crippen LogP contribution in [0.5, 0.6) is 23.1 Å². The molecule has 0 bridgehead atoms. The summed E-state index contributed by atoms with van der Waals surface area (Å²) in [4.78, 5) is 12.2. The van der Waals surface area contributed by atoms with Crippen molar-refractivity contribution in [2.45, 2.75) is 20.8 Å². The number of benzene rings is 2. The zero-order valence-electron chi connectivity index (χ0n) is 19.4. The van der Waals surface area contributed by atoms with Crippen LogP contribution in [-0.4, -0.2) is 39.6 Å². The Morgan fingerprint density at radius 3 is 2.29 bits per heavy atom. The summed E-state index contributed by atoms with van der Waals surface area (Å²) in [6.07, 6.45) is 0. The molecule has 0 unspecified atom stereocenters. The van der Waals surface area contributed by atoms with Gasteiger partial charge in [0.2, 0.25) is 5.88 Å². The summed E-state index contributed by atoms with van der Waals surface area (Å²) in [6.45, 7) is 5.84. The highest BCUT2D eigenvalue weighted by molar-refractivity contribution is 5.91. The number of hydrogen-bond acceptors (Lipinski definition) is 7. The maximum absolute atomic E-state index is 12.2. The Morgan fingerprint density at radius 1 is 0.941 bits per heavy atom. The molecule has 0 radical (unpaired) electrons. The molecule has 9 heteroatoms. The standard InChI is InChI=1S/C25H25N5O4/c1-16-17(2)29-30(18(16)3)23-13-14-25(28-27-23)34-20-11-9-19(10-12-20)26-24(31)15-33-22-8-6-5-7-21(22)32-4/h5-14H,15H2,1-4H3,(H,26,31). The average Bonchev–Trinajstić information content (AvgIpc) is 3.12. The van der Waals surface area contributed by atoms with E-state index in [1.54, 1.807) is 60.3 Å². The molecule has 0 fully saturated rings. The second-order valence-corrected chi connectivity index (χ2v) is 7.55. The van der Waals surface area contributed by atoms with Gasteiger partial charge in [0, 0.05) is 17.4 Å². The summed E-state index contributed by atoms with van der Waals surface area (Å²) >= 11 is 0. The number of aromatic nitrogens is 4. The first-order valence-corrected chi connectivity index (χ1v) is 10.6. The van der Waals surface area contributed by atoms with Crippen LogP contribution < -0.4 is 19.5 Å². The molecule has 1 N–H and O–H groups in total. The topological polar surface area (TPSA) is 100 Å². The van der Waals surface area contributed by atoms with Gasteiger partial charge in [-0.15, -0.1) is 10.2 Å². The first-order valence-electron chi connectivity index (χ1n) is 10.6. The van der Waals surface area contributed by atoms with E-state index in [2.05, 4.69) is 20.6 Å². The normalized spacial score (nSPS) is 10.6. The predicted octanol–water partition coefficient (Wildman–Crippen LogP) is 4.41. The minimum Gasteiger partial charge on any atom is -0.493 e. The van der Waals surface area contributed by atoms with Crippen molar-refractivity contribution < 1.29 is 19.0 Å². The Hall–Kier alpha value is -4.40. The molecule has 0 aliphatic rings. The molecule has 0 saturated heterocycles. The van der Waals surface area contributed by atoms with Crippen molar-refractivity contribution in [1.82, 2.24) is 20.0 Å². The number of ether oxygens (including phenoxy) is 3. The summed E-state index contributed by atoms with van der Waals surface area (Å²) in [6, 6.07) is 17.6. The second-order valence-electron chi connectivity index (χ2n) is 7.55. The quantitative estimate of drug-likeness (QED) is 0.417. The van der Waals surface area contributed by atoms with Crippen LogP contribution in [0.25, 0.3) is 5.82 Å². The molecule has 0 spiro atoms. The van der Waals surface area contributed by atoms with Gasteiger partial charge in [-0.25, -0.2) is 4.68 Å². The summed E-state index contributed by atoms with van der Waals surface area (Å²) < 4.78 is 18.3. The fourth-order valence-corrected chi connectivity index (χ4v) is 3.23. The lowest BCUT2D eigenvalue weighted by molar-refractivity contribution is -0.118. The van der Waals surface area contributed by atoms with Crippen molar-refractivity contribution in [3.63, 3.8) is 0 Å². The Bertz CT molecular complexity index is 1280. The van der Waals surface area contributed by atoms with Crippen LogP contribution in [0.1, 0.15) is 17.0 Å². The molecule has 0 aliphatic heterocycles. The number of aryl methyl sites for hydroxylation is 1. The highest BCUT2D eigenvalue weighted by atomic mass is 16.5. The average molecular weight is 460 g/mol. The molecule has 2 heterocycles. The lowest BCUT2D eigenvalue weighted by Gasteiger charge is -2.11. The molecule has 34 heavy (non-hydrogen) atoms. The van der Waals surface area contributed by atoms with Gasteiger partial charge in [-0.3, -0.25) is 4.79 Å². The van der Waals surface area contributed by atoms with Crippen LogP contribution in [0.4, 0.5) is 5.69 Å². The number of hydrogen-bond donors (Lipinski definition) is 1. The maximum atomic E-state index is 12.2. The molecule has 2 aromatic carbocycles. The van der Waals surface area contributed by atoms with Crippen LogP contribution in [0.3, 0.4) is 0 Å². The van der Waals surface area contributed by atoms with Crippen LogP contribution in [0.2, 0.25) is 0 Å². The van der Waals surface area contributed by atoms with Crippen molar-refractivity contribution in [2.24, 2.45) is 0 Å². The summed E-state index contributed by atoms with van der Waals surface area (Å²) in [5, 5.41) is 15.6. The van der Waals surface area contributed by atoms with E-state index in [1.165, 1.54) is 0 Å². The highest BCUT2D eigenvalue weighted by Crippen LogP contribution is 2.26. The van der Waals surface area contributed by atoms with Crippen molar-refractivity contribution in [3.05, 3.63) is 77.6 Å². The Morgan fingerprint density at radius 2 is 1.68 bits per heavy atom. The van der Waals surface area contributed by atoms with Gasteiger partial charge in [0.25, 0.3) is 5.91 Å². The fraction of sp³-hybridized carbons (Fsp3) is 0.200. The Kier molecular flexibility index (Phi) is 6.72. The number of rotatable bonds is 8. The van der Waals surface area contributed by atoms with E-state index in [0.717, 1.165) is 17.0 Å². The second kappa shape index (κ2) is 10.0. The zero-order chi connectivity index (χ0) is 24.1. The van der Waals surface area contributed by atoms with Gasteiger partial charge >= 0.3 is 0 Å². The van der Waals surface area contributed by atoms with Gasteiger partial charge in [0.05, 0.1) is 12.8 Å². The number of para-hydroxylation sites is 2. The smallest absolute Gasteiger partial charge is 0.262 e. The maximum Gasteiger partial charge on any atom is 0.262 e. The number of amides is 1. The molecule has 0 aliphatic carbocycles. The van der Waals surface area contributed by atoms with E-state index in [0.29, 0.717) is 34.6 Å². The lowest BCUT2D eigenvalue weighted by Crippen LogP contribution is -2.20. The summed E-state index contributed by atoms with van der Waals surface area (Å²) in [5.41, 5.74) is 3.72. The zero-order valence-corrected chi connectivity index (χ0v) is 19.4. The fourth-order valence-electron chi connectivity index (χ4n) is 3.23. The first kappa shape index (κ1) is 22.8. The molecule has 174 valence electrons. The Balaban J connectivity index is 1.33. The van der Waals surface area contributed by atoms with Crippen LogP contribution in [0.15, 0.2) is 60.7 Å². The first-order chi connectivity index (χ1) is 16.4. The molecule has 4 rings (SSSR count). The van der Waals surface area contributed by atoms with E-state index in [1.807, 2.05) is 32.9 Å². The SMILES string of the molecule is COc1ccccc1OCC(=O)Nc1ccc(Oc2ccc(-n3nc(C)c(C)c3C)nn2)cc1. The van der Waals surface area contributed by atoms with Gasteiger partial charge in [0.15, 0.2) is 23.9 Å². The molecular weight excluding hydrogens is 434 g/mol. The van der Waals surface area contributed by atoms with Gasteiger partial charge in [0.1, 0.15) is 5.75 Å². The summed E-state index contributed by atoms with van der Waals surface area (Å²) in [7, 11) is 1.55. The predicted molar refractivity (Wildman–Crippen MR) is 127 cm³/mol. The van der Waals surface area contributed by atoms with E-state index < -0.39 is 0 Å². The molecule has 2 aromatic heterocycles. The molecule has 1 amide bonds. The van der Waals surface area contributed by atoms with Crippen LogP contribution >= 0.6 is 0 Å². The lowest BCUT2D eigenvalue weighted by atomic mass is 10.2. The third-order valence-electron chi connectivity index (χ3n) is 5.28. The van der Waals surface area contributed by atoms with Gasteiger partial charge in [-0.1, -0.05) is 12.1 Å². The van der Waals surface area contributed by atoms with Gasteiger partial charge in [-0.05, 0) is 68.8 Å². The molecule has 0 atom stereocenters. The monoisotopic (exact) mass is 459 g/mol. The van der Waals surface area contributed by atoms with Crippen molar-refractivity contribution in [1.29, 1.82) is 0 Å². The van der Waals surface area contributed by atoms with E-state index in [4.69, 9.17) is 14.2 Å².